The highest BCUT2D eigenvalue weighted by atomic mass is 16.3. The number of rotatable bonds is 3. The largest absolute Gasteiger partial charge is 0.430 e. The molecule has 5 rings (SSSR count). The Hall–Kier alpha value is -2.70. The van der Waals surface area contributed by atoms with Crippen LogP contribution in [0.15, 0.2) is 15.5 Å². The van der Waals surface area contributed by atoms with Gasteiger partial charge < -0.3 is 9.32 Å². The molecule has 1 aliphatic carbocycles. The second-order valence-electron chi connectivity index (χ2n) is 8.19. The number of carbonyl (C=O) groups excluding carboxylic acids is 1. The molecule has 0 N–H and O–H groups in total. The molecule has 3 aromatic rings. The average Bonchev–Trinajstić information content (AvgIpc) is 3.41. The molecule has 0 atom stereocenters. The molecule has 1 aliphatic heterocycles. The fourth-order valence-electron chi connectivity index (χ4n) is 4.62. The van der Waals surface area contributed by atoms with Crippen LogP contribution >= 0.6 is 0 Å². The number of carbonyl (C=O) groups is 1. The first-order valence-electron chi connectivity index (χ1n) is 10.2. The molecule has 0 spiro atoms. The summed E-state index contributed by atoms with van der Waals surface area (Å²) in [6, 6.07) is 0. The van der Waals surface area contributed by atoms with Crippen molar-refractivity contribution in [2.45, 2.75) is 58.4 Å². The number of hydrogen-bond acceptors (Lipinski definition) is 5. The zero-order valence-corrected chi connectivity index (χ0v) is 16.3. The maximum atomic E-state index is 13.0. The van der Waals surface area contributed by atoms with Crippen LogP contribution in [0.1, 0.15) is 55.8 Å². The number of furan rings is 1. The van der Waals surface area contributed by atoms with Crippen LogP contribution in [0.3, 0.4) is 0 Å². The molecule has 3 aromatic heterocycles. The maximum absolute atomic E-state index is 13.0. The normalized spacial score (nSPS) is 16.6. The number of hydrogen-bond donors (Lipinski definition) is 0. The lowest BCUT2D eigenvalue weighted by Gasteiger charge is -2.15. The predicted octanol–water partition coefficient (Wildman–Crippen LogP) is 2.77. The van der Waals surface area contributed by atoms with Crippen molar-refractivity contribution in [3.8, 4) is 0 Å². The smallest absolute Gasteiger partial charge is 0.297 e. The molecular weight excluding hydrogens is 356 g/mol. The van der Waals surface area contributed by atoms with Crippen LogP contribution in [0.4, 0.5) is 0 Å². The Labute approximate surface area is 162 Å². The summed E-state index contributed by atoms with van der Waals surface area (Å²) in [6.07, 6.45) is 6.59. The van der Waals surface area contributed by atoms with Gasteiger partial charge in [0.05, 0.1) is 17.4 Å². The topological polar surface area (TPSA) is 81.2 Å². The number of aryl methyl sites for hydroxylation is 1. The first kappa shape index (κ1) is 17.4. The molecular formula is C21H24N4O3. The van der Waals surface area contributed by atoms with Crippen LogP contribution in [-0.2, 0) is 24.2 Å². The molecule has 7 nitrogen and oxygen atoms in total. The highest BCUT2D eigenvalue weighted by molar-refractivity contribution is 6.03. The number of aromatic nitrogens is 3. The SMILES string of the molecule is CC(C)c1nc2oc3c(=O)n(CC(=O)N4CCCC4)cnc3c2c2c1CCC2. The van der Waals surface area contributed by atoms with Crippen LogP contribution < -0.4 is 5.56 Å². The van der Waals surface area contributed by atoms with Crippen LogP contribution in [0.25, 0.3) is 22.2 Å². The van der Waals surface area contributed by atoms with E-state index in [4.69, 9.17) is 9.40 Å². The van der Waals surface area contributed by atoms with E-state index in [0.717, 1.165) is 56.3 Å². The van der Waals surface area contributed by atoms with Crippen LogP contribution in [0.2, 0.25) is 0 Å². The quantitative estimate of drug-likeness (QED) is 0.698. The Morgan fingerprint density at radius 2 is 1.93 bits per heavy atom. The zero-order valence-electron chi connectivity index (χ0n) is 16.3. The van der Waals surface area contributed by atoms with E-state index < -0.39 is 0 Å². The molecule has 146 valence electrons. The minimum Gasteiger partial charge on any atom is -0.430 e. The van der Waals surface area contributed by atoms with Gasteiger partial charge in [-0.05, 0) is 49.1 Å². The highest BCUT2D eigenvalue weighted by Crippen LogP contribution is 2.37. The number of amides is 1. The zero-order chi connectivity index (χ0) is 19.4. The molecule has 1 amide bonds. The summed E-state index contributed by atoms with van der Waals surface area (Å²) < 4.78 is 7.27. The summed E-state index contributed by atoms with van der Waals surface area (Å²) in [5, 5.41) is 0.877. The van der Waals surface area contributed by atoms with E-state index in [1.807, 2.05) is 0 Å². The molecule has 7 heteroatoms. The first-order valence-corrected chi connectivity index (χ1v) is 10.2. The monoisotopic (exact) mass is 380 g/mol. The van der Waals surface area contributed by atoms with Gasteiger partial charge in [-0.25, -0.2) is 9.97 Å². The standard InChI is InChI=1S/C21H24N4O3/c1-12(2)17-14-7-5-6-13(14)16-18-19(28-20(16)23-17)21(27)25(11-22-18)10-15(26)24-8-3-4-9-24/h11-12H,3-10H2,1-2H3. The second kappa shape index (κ2) is 6.43. The molecule has 2 aliphatic rings. The molecule has 0 radical (unpaired) electrons. The van der Waals surface area contributed by atoms with Gasteiger partial charge in [-0.3, -0.25) is 14.2 Å². The van der Waals surface area contributed by atoms with E-state index in [-0.39, 0.29) is 23.6 Å². The predicted molar refractivity (Wildman–Crippen MR) is 105 cm³/mol. The summed E-state index contributed by atoms with van der Waals surface area (Å²) >= 11 is 0. The minimum atomic E-state index is -0.312. The van der Waals surface area contributed by atoms with Crippen molar-refractivity contribution in [3.63, 3.8) is 0 Å². The first-order chi connectivity index (χ1) is 13.5. The summed E-state index contributed by atoms with van der Waals surface area (Å²) in [7, 11) is 0. The van der Waals surface area contributed by atoms with Gasteiger partial charge in [0.2, 0.25) is 17.2 Å². The van der Waals surface area contributed by atoms with Crippen molar-refractivity contribution in [2.75, 3.05) is 13.1 Å². The van der Waals surface area contributed by atoms with Crippen LogP contribution in [-0.4, -0.2) is 38.4 Å². The summed E-state index contributed by atoms with van der Waals surface area (Å²) in [5.41, 5.74) is 4.54. The lowest BCUT2D eigenvalue weighted by Crippen LogP contribution is -2.34. The minimum absolute atomic E-state index is 0.00159. The lowest BCUT2D eigenvalue weighted by atomic mass is 9.99. The Balaban J connectivity index is 1.64. The summed E-state index contributed by atoms with van der Waals surface area (Å²) in [5.74, 6) is 0.255. The fraction of sp³-hybridized carbons (Fsp3) is 0.524. The van der Waals surface area contributed by atoms with Crippen molar-refractivity contribution in [3.05, 3.63) is 33.5 Å². The van der Waals surface area contributed by atoms with E-state index in [0.29, 0.717) is 17.1 Å². The molecule has 0 saturated carbocycles. The van der Waals surface area contributed by atoms with E-state index in [1.165, 1.54) is 22.0 Å². The Morgan fingerprint density at radius 3 is 2.68 bits per heavy atom. The molecule has 0 unspecified atom stereocenters. The highest BCUT2D eigenvalue weighted by Gasteiger charge is 2.27. The molecule has 4 heterocycles. The van der Waals surface area contributed by atoms with Crippen LogP contribution in [0.5, 0.6) is 0 Å². The average molecular weight is 380 g/mol. The van der Waals surface area contributed by atoms with Crippen molar-refractivity contribution in [1.82, 2.24) is 19.4 Å². The Morgan fingerprint density at radius 1 is 1.18 bits per heavy atom. The third-order valence-corrected chi connectivity index (χ3v) is 6.01. The van der Waals surface area contributed by atoms with E-state index in [2.05, 4.69) is 18.8 Å². The second-order valence-corrected chi connectivity index (χ2v) is 8.19. The Kier molecular flexibility index (Phi) is 4.00. The van der Waals surface area contributed by atoms with Gasteiger partial charge in [-0.1, -0.05) is 13.8 Å². The van der Waals surface area contributed by atoms with E-state index in [9.17, 15) is 9.59 Å². The van der Waals surface area contributed by atoms with Gasteiger partial charge in [0, 0.05) is 13.1 Å². The maximum Gasteiger partial charge on any atom is 0.297 e. The van der Waals surface area contributed by atoms with Crippen molar-refractivity contribution in [1.29, 1.82) is 0 Å². The number of nitrogens with zero attached hydrogens (tertiary/aromatic N) is 4. The van der Waals surface area contributed by atoms with Gasteiger partial charge in [-0.2, -0.15) is 0 Å². The van der Waals surface area contributed by atoms with Crippen molar-refractivity contribution >= 4 is 28.1 Å². The van der Waals surface area contributed by atoms with Crippen molar-refractivity contribution in [2.24, 2.45) is 0 Å². The van der Waals surface area contributed by atoms with Gasteiger partial charge in [0.15, 0.2) is 0 Å². The van der Waals surface area contributed by atoms with Gasteiger partial charge in [0.1, 0.15) is 12.1 Å². The fourth-order valence-corrected chi connectivity index (χ4v) is 4.62. The van der Waals surface area contributed by atoms with E-state index >= 15 is 0 Å². The number of likely N-dealkylation sites (tertiary alicyclic amines) is 1. The molecule has 1 saturated heterocycles. The lowest BCUT2D eigenvalue weighted by molar-refractivity contribution is -0.130. The molecule has 1 fully saturated rings. The Bertz CT molecular complexity index is 1150. The third-order valence-electron chi connectivity index (χ3n) is 6.01. The van der Waals surface area contributed by atoms with Crippen LogP contribution in [0, 0.1) is 0 Å². The third kappa shape index (κ3) is 2.56. The number of fused-ring (bicyclic) bond motifs is 5. The van der Waals surface area contributed by atoms with Gasteiger partial charge >= 0.3 is 0 Å². The van der Waals surface area contributed by atoms with Crippen molar-refractivity contribution < 1.29 is 9.21 Å². The van der Waals surface area contributed by atoms with Gasteiger partial charge in [-0.15, -0.1) is 0 Å². The summed E-state index contributed by atoms with van der Waals surface area (Å²) in [4.78, 5) is 36.5. The molecule has 0 bridgehead atoms. The molecule has 28 heavy (non-hydrogen) atoms. The van der Waals surface area contributed by atoms with Gasteiger partial charge in [0.25, 0.3) is 5.56 Å². The number of pyridine rings is 1. The van der Waals surface area contributed by atoms with E-state index in [1.54, 1.807) is 4.90 Å². The summed E-state index contributed by atoms with van der Waals surface area (Å²) in [6.45, 7) is 5.79. The molecule has 0 aromatic carbocycles.